The van der Waals surface area contributed by atoms with Crippen LogP contribution in [0.2, 0.25) is 0 Å². The molecular formula is C22H24N2O2. The first-order valence-corrected chi connectivity index (χ1v) is 9.20. The Bertz CT molecular complexity index is 723. The summed E-state index contributed by atoms with van der Waals surface area (Å²) in [6.45, 7) is 5.99. The fourth-order valence-electron chi connectivity index (χ4n) is 4.20. The lowest BCUT2D eigenvalue weighted by molar-refractivity contribution is 0.0520. The maximum atomic E-state index is 12.2. The van der Waals surface area contributed by atoms with Crippen molar-refractivity contribution in [3.05, 3.63) is 84.4 Å². The Morgan fingerprint density at radius 2 is 1.69 bits per heavy atom. The highest BCUT2D eigenvalue weighted by Crippen LogP contribution is 2.35. The second-order valence-electron chi connectivity index (χ2n) is 6.94. The summed E-state index contributed by atoms with van der Waals surface area (Å²) in [6, 6.07) is 21.5. The van der Waals surface area contributed by atoms with Crippen molar-refractivity contribution < 1.29 is 9.53 Å². The fourth-order valence-corrected chi connectivity index (χ4v) is 4.20. The van der Waals surface area contributed by atoms with Crippen molar-refractivity contribution in [3.63, 3.8) is 0 Å². The average Bonchev–Trinajstić information content (AvgIpc) is 2.99. The van der Waals surface area contributed by atoms with Crippen LogP contribution in [0.1, 0.15) is 23.6 Å². The molecule has 26 heavy (non-hydrogen) atoms. The van der Waals surface area contributed by atoms with Crippen molar-refractivity contribution in [2.24, 2.45) is 0 Å². The number of fused-ring (bicyclic) bond motifs is 1. The molecule has 2 aromatic carbocycles. The summed E-state index contributed by atoms with van der Waals surface area (Å²) in [5.41, 5.74) is 2.54. The molecule has 0 N–H and O–H groups in total. The molecule has 1 amide bonds. The number of nitrogens with zero attached hydrogens (tertiary/aromatic N) is 2. The van der Waals surface area contributed by atoms with Crippen molar-refractivity contribution in [2.75, 3.05) is 19.6 Å². The van der Waals surface area contributed by atoms with Crippen LogP contribution in [0, 0.1) is 0 Å². The highest BCUT2D eigenvalue weighted by molar-refractivity contribution is 5.71. The number of benzene rings is 2. The van der Waals surface area contributed by atoms with Crippen molar-refractivity contribution in [1.29, 1.82) is 0 Å². The number of carbonyl (C=O) groups is 1. The number of hydrogen-bond donors (Lipinski definition) is 0. The van der Waals surface area contributed by atoms with Gasteiger partial charge in [0.2, 0.25) is 0 Å². The monoisotopic (exact) mass is 348 g/mol. The largest absolute Gasteiger partial charge is 0.443 e. The van der Waals surface area contributed by atoms with Crippen LogP contribution in [-0.2, 0) is 4.74 Å². The van der Waals surface area contributed by atoms with Gasteiger partial charge in [0.05, 0.1) is 12.1 Å². The fraction of sp³-hybridized carbons (Fsp3) is 0.318. The molecule has 0 bridgehead atoms. The van der Waals surface area contributed by atoms with Gasteiger partial charge in [-0.1, -0.05) is 66.7 Å². The normalized spacial score (nSPS) is 23.0. The Labute approximate surface area is 154 Å². The quantitative estimate of drug-likeness (QED) is 0.769. The third-order valence-electron chi connectivity index (χ3n) is 5.36. The molecule has 0 unspecified atom stereocenters. The van der Waals surface area contributed by atoms with E-state index in [4.69, 9.17) is 4.74 Å². The number of ether oxygens (including phenoxy) is 1. The van der Waals surface area contributed by atoms with E-state index in [1.165, 1.54) is 11.1 Å². The second-order valence-corrected chi connectivity index (χ2v) is 6.94. The number of carbonyl (C=O) groups excluding carboxylic acids is 1. The lowest BCUT2D eigenvalue weighted by Crippen LogP contribution is -2.50. The Morgan fingerprint density at radius 1 is 1.08 bits per heavy atom. The first kappa shape index (κ1) is 16.9. The Kier molecular flexibility index (Phi) is 4.76. The third-order valence-corrected chi connectivity index (χ3v) is 5.36. The molecule has 0 radical (unpaired) electrons. The van der Waals surface area contributed by atoms with E-state index >= 15 is 0 Å². The van der Waals surface area contributed by atoms with Crippen LogP contribution in [0.25, 0.3) is 0 Å². The summed E-state index contributed by atoms with van der Waals surface area (Å²) < 4.78 is 5.68. The highest BCUT2D eigenvalue weighted by atomic mass is 16.6. The summed E-state index contributed by atoms with van der Waals surface area (Å²) in [5, 5.41) is 0. The van der Waals surface area contributed by atoms with Gasteiger partial charge in [0.1, 0.15) is 6.10 Å². The molecule has 2 fully saturated rings. The van der Waals surface area contributed by atoms with E-state index in [9.17, 15) is 4.79 Å². The van der Waals surface area contributed by atoms with Crippen LogP contribution in [-0.4, -0.2) is 47.7 Å². The number of piperidine rings is 1. The van der Waals surface area contributed by atoms with Gasteiger partial charge >= 0.3 is 6.09 Å². The maximum absolute atomic E-state index is 12.2. The smallest absolute Gasteiger partial charge is 0.410 e. The second kappa shape index (κ2) is 7.34. The van der Waals surface area contributed by atoms with E-state index in [1.807, 2.05) is 17.0 Å². The Balaban J connectivity index is 1.60. The van der Waals surface area contributed by atoms with Crippen molar-refractivity contribution >= 4 is 6.09 Å². The molecule has 0 aromatic heterocycles. The molecule has 134 valence electrons. The number of hydrogen-bond acceptors (Lipinski definition) is 3. The molecule has 4 rings (SSSR count). The first-order chi connectivity index (χ1) is 12.8. The first-order valence-electron chi connectivity index (χ1n) is 9.20. The lowest BCUT2D eigenvalue weighted by Gasteiger charge is -2.40. The van der Waals surface area contributed by atoms with Crippen molar-refractivity contribution in [2.45, 2.75) is 24.6 Å². The Hall–Kier alpha value is -2.59. The number of likely N-dealkylation sites (tertiary alicyclic amines) is 1. The van der Waals surface area contributed by atoms with Crippen LogP contribution in [0.3, 0.4) is 0 Å². The van der Waals surface area contributed by atoms with E-state index in [0.29, 0.717) is 6.54 Å². The molecule has 2 atom stereocenters. The van der Waals surface area contributed by atoms with Gasteiger partial charge in [-0.25, -0.2) is 4.79 Å². The summed E-state index contributed by atoms with van der Waals surface area (Å²) in [5.74, 6) is 0. The topological polar surface area (TPSA) is 32.8 Å². The van der Waals surface area contributed by atoms with Crippen LogP contribution >= 0.6 is 0 Å². The minimum Gasteiger partial charge on any atom is -0.443 e. The molecule has 2 aliphatic rings. The van der Waals surface area contributed by atoms with Crippen molar-refractivity contribution in [3.8, 4) is 0 Å². The summed E-state index contributed by atoms with van der Waals surface area (Å²) in [7, 11) is 0. The summed E-state index contributed by atoms with van der Waals surface area (Å²) >= 11 is 0. The van der Waals surface area contributed by atoms with E-state index in [-0.39, 0.29) is 24.3 Å². The molecule has 2 saturated heterocycles. The van der Waals surface area contributed by atoms with Gasteiger partial charge < -0.3 is 4.74 Å². The molecule has 0 spiro atoms. The molecule has 2 aromatic rings. The van der Waals surface area contributed by atoms with Crippen LogP contribution in [0.15, 0.2) is 73.3 Å². The SMILES string of the molecule is C=CCN1C(=O)O[C@H]2CN(C(c3ccccc3)c3ccccc3)CC[C@@H]21. The third kappa shape index (κ3) is 3.13. The zero-order chi connectivity index (χ0) is 17.9. The molecule has 4 heteroatoms. The predicted molar refractivity (Wildman–Crippen MR) is 102 cm³/mol. The van der Waals surface area contributed by atoms with Crippen LogP contribution in [0.5, 0.6) is 0 Å². The zero-order valence-corrected chi connectivity index (χ0v) is 14.8. The minimum absolute atomic E-state index is 0.0777. The standard InChI is InChI=1S/C22H24N2O2/c1-2-14-24-19-13-15-23(16-20(19)26-22(24)25)21(17-9-5-3-6-10-17)18-11-7-4-8-12-18/h2-12,19-21H,1,13-16H2/t19-,20-/m0/s1. The van der Waals surface area contributed by atoms with Gasteiger partial charge in [-0.2, -0.15) is 0 Å². The predicted octanol–water partition coefficient (Wildman–Crippen LogP) is 3.86. The highest BCUT2D eigenvalue weighted by Gasteiger charge is 2.45. The van der Waals surface area contributed by atoms with Gasteiger partial charge in [0.25, 0.3) is 0 Å². The van der Waals surface area contributed by atoms with Gasteiger partial charge in [-0.3, -0.25) is 9.80 Å². The molecule has 0 aliphatic carbocycles. The van der Waals surface area contributed by atoms with Gasteiger partial charge in [0, 0.05) is 19.6 Å². The minimum atomic E-state index is -0.210. The zero-order valence-electron chi connectivity index (χ0n) is 14.8. The lowest BCUT2D eigenvalue weighted by atomic mass is 9.93. The van der Waals surface area contributed by atoms with Crippen molar-refractivity contribution in [1.82, 2.24) is 9.80 Å². The molecule has 2 aliphatic heterocycles. The summed E-state index contributed by atoms with van der Waals surface area (Å²) in [6.07, 6.45) is 2.40. The van der Waals surface area contributed by atoms with E-state index in [0.717, 1.165) is 19.5 Å². The van der Waals surface area contributed by atoms with Gasteiger partial charge in [-0.15, -0.1) is 6.58 Å². The van der Waals surface area contributed by atoms with Crippen LogP contribution in [0.4, 0.5) is 4.79 Å². The van der Waals surface area contributed by atoms with Crippen LogP contribution < -0.4 is 0 Å². The van der Waals surface area contributed by atoms with Gasteiger partial charge in [-0.05, 0) is 17.5 Å². The van der Waals surface area contributed by atoms with Gasteiger partial charge in [0.15, 0.2) is 0 Å². The van der Waals surface area contributed by atoms with E-state index < -0.39 is 0 Å². The molecular weight excluding hydrogens is 324 g/mol. The Morgan fingerprint density at radius 3 is 2.27 bits per heavy atom. The van der Waals surface area contributed by atoms with E-state index in [2.05, 4.69) is 60.0 Å². The molecule has 4 nitrogen and oxygen atoms in total. The summed E-state index contributed by atoms with van der Waals surface area (Å²) in [4.78, 5) is 16.4. The number of rotatable bonds is 5. The van der Waals surface area contributed by atoms with E-state index in [1.54, 1.807) is 6.08 Å². The molecule has 2 heterocycles. The molecule has 0 saturated carbocycles. The number of amides is 1. The average molecular weight is 348 g/mol. The maximum Gasteiger partial charge on any atom is 0.410 e.